The zero-order valence-electron chi connectivity index (χ0n) is 11.6. The summed E-state index contributed by atoms with van der Waals surface area (Å²) in [7, 11) is 0. The van der Waals surface area contributed by atoms with Gasteiger partial charge in [-0.05, 0) is 25.0 Å². The molecular formula is C15H17ClN2O2S. The number of hydrogen-bond acceptors (Lipinski definition) is 3. The van der Waals surface area contributed by atoms with Crippen LogP contribution in [0, 0.1) is 0 Å². The van der Waals surface area contributed by atoms with Crippen molar-refractivity contribution in [2.45, 2.75) is 43.3 Å². The van der Waals surface area contributed by atoms with Gasteiger partial charge in [0.2, 0.25) is 0 Å². The quantitative estimate of drug-likeness (QED) is 0.848. The summed E-state index contributed by atoms with van der Waals surface area (Å²) < 4.78 is 2.17. The highest BCUT2D eigenvalue weighted by Crippen LogP contribution is 2.37. The zero-order chi connectivity index (χ0) is 14.8. The van der Waals surface area contributed by atoms with Crippen molar-refractivity contribution in [3.05, 3.63) is 23.2 Å². The molecule has 0 atom stereocenters. The molecule has 1 aliphatic rings. The van der Waals surface area contributed by atoms with Crippen LogP contribution in [0.5, 0.6) is 0 Å². The third kappa shape index (κ3) is 3.04. The maximum atomic E-state index is 10.9. The fourth-order valence-corrected chi connectivity index (χ4v) is 4.05. The molecule has 0 unspecified atom stereocenters. The van der Waals surface area contributed by atoms with Gasteiger partial charge in [-0.1, -0.05) is 48.7 Å². The number of hydrogen-bond donors (Lipinski definition) is 1. The van der Waals surface area contributed by atoms with Gasteiger partial charge in [0, 0.05) is 6.04 Å². The Hall–Kier alpha value is -1.20. The van der Waals surface area contributed by atoms with Gasteiger partial charge in [-0.25, -0.2) is 4.98 Å². The van der Waals surface area contributed by atoms with E-state index in [1.165, 1.54) is 31.0 Å². The zero-order valence-corrected chi connectivity index (χ0v) is 13.2. The fraction of sp³-hybridized carbons (Fsp3) is 0.467. The summed E-state index contributed by atoms with van der Waals surface area (Å²) in [6.45, 7) is 0. The van der Waals surface area contributed by atoms with Crippen molar-refractivity contribution in [3.8, 4) is 0 Å². The number of thioether (sulfide) groups is 1. The van der Waals surface area contributed by atoms with E-state index in [4.69, 9.17) is 16.7 Å². The lowest BCUT2D eigenvalue weighted by Crippen LogP contribution is -2.14. The first-order valence-electron chi connectivity index (χ1n) is 7.18. The van der Waals surface area contributed by atoms with Gasteiger partial charge >= 0.3 is 5.97 Å². The largest absolute Gasteiger partial charge is 0.481 e. The van der Waals surface area contributed by atoms with E-state index >= 15 is 0 Å². The number of para-hydroxylation sites is 1. The molecule has 1 fully saturated rings. The van der Waals surface area contributed by atoms with Crippen molar-refractivity contribution in [1.29, 1.82) is 0 Å². The molecule has 3 rings (SSSR count). The minimum atomic E-state index is -0.826. The van der Waals surface area contributed by atoms with Crippen molar-refractivity contribution < 1.29 is 9.90 Å². The lowest BCUT2D eigenvalue weighted by atomic mass is 9.95. The van der Waals surface area contributed by atoms with Crippen LogP contribution in [0.1, 0.15) is 38.1 Å². The smallest absolute Gasteiger partial charge is 0.313 e. The average Bonchev–Trinajstić information content (AvgIpc) is 2.86. The monoisotopic (exact) mass is 324 g/mol. The van der Waals surface area contributed by atoms with Crippen LogP contribution in [-0.2, 0) is 4.79 Å². The number of carboxylic acids is 1. The number of nitrogens with zero attached hydrogens (tertiary/aromatic N) is 2. The van der Waals surface area contributed by atoms with Crippen LogP contribution in [0.15, 0.2) is 23.4 Å². The van der Waals surface area contributed by atoms with Crippen molar-refractivity contribution in [2.24, 2.45) is 0 Å². The predicted molar refractivity (Wildman–Crippen MR) is 85.2 cm³/mol. The third-order valence-electron chi connectivity index (χ3n) is 3.89. The van der Waals surface area contributed by atoms with E-state index in [-0.39, 0.29) is 5.75 Å². The summed E-state index contributed by atoms with van der Waals surface area (Å²) >= 11 is 7.65. The van der Waals surface area contributed by atoms with E-state index in [1.807, 2.05) is 18.2 Å². The molecule has 0 saturated heterocycles. The van der Waals surface area contributed by atoms with Gasteiger partial charge in [-0.3, -0.25) is 4.79 Å². The SMILES string of the molecule is O=C(O)CSc1nc2cccc(Cl)c2n1C1CCCCC1. The van der Waals surface area contributed by atoms with E-state index < -0.39 is 5.97 Å². The molecule has 0 radical (unpaired) electrons. The summed E-state index contributed by atoms with van der Waals surface area (Å²) in [6, 6.07) is 6.07. The summed E-state index contributed by atoms with van der Waals surface area (Å²) in [5.41, 5.74) is 1.79. The summed E-state index contributed by atoms with van der Waals surface area (Å²) in [5.74, 6) is -0.804. The molecule has 4 nitrogen and oxygen atoms in total. The maximum absolute atomic E-state index is 10.9. The number of halogens is 1. The van der Waals surface area contributed by atoms with E-state index in [9.17, 15) is 4.79 Å². The van der Waals surface area contributed by atoms with Crippen LogP contribution < -0.4 is 0 Å². The second-order valence-electron chi connectivity index (χ2n) is 5.35. The molecule has 112 valence electrons. The Morgan fingerprint density at radius 3 is 2.86 bits per heavy atom. The molecule has 0 aliphatic heterocycles. The van der Waals surface area contributed by atoms with E-state index in [1.54, 1.807) is 0 Å². The molecule has 1 aromatic carbocycles. The minimum absolute atomic E-state index is 0.0215. The molecule has 1 saturated carbocycles. The highest BCUT2D eigenvalue weighted by Gasteiger charge is 2.23. The normalized spacial score (nSPS) is 16.4. The highest BCUT2D eigenvalue weighted by molar-refractivity contribution is 7.99. The topological polar surface area (TPSA) is 55.1 Å². The van der Waals surface area contributed by atoms with Gasteiger partial charge in [0.15, 0.2) is 5.16 Å². The van der Waals surface area contributed by atoms with Crippen LogP contribution in [0.4, 0.5) is 0 Å². The molecule has 1 aliphatic carbocycles. The second-order valence-corrected chi connectivity index (χ2v) is 6.70. The van der Waals surface area contributed by atoms with Gasteiger partial charge in [0.25, 0.3) is 0 Å². The van der Waals surface area contributed by atoms with Gasteiger partial charge < -0.3 is 9.67 Å². The Bertz CT molecular complexity index is 665. The highest BCUT2D eigenvalue weighted by atomic mass is 35.5. The summed E-state index contributed by atoms with van der Waals surface area (Å²) in [4.78, 5) is 15.5. The van der Waals surface area contributed by atoms with E-state index in [0.717, 1.165) is 29.0 Å². The minimum Gasteiger partial charge on any atom is -0.481 e. The second kappa shape index (κ2) is 6.28. The van der Waals surface area contributed by atoms with Crippen LogP contribution >= 0.6 is 23.4 Å². The molecule has 1 heterocycles. The lowest BCUT2D eigenvalue weighted by Gasteiger charge is -2.25. The Morgan fingerprint density at radius 1 is 1.38 bits per heavy atom. The predicted octanol–water partition coefficient (Wildman–Crippen LogP) is 4.37. The molecule has 1 aromatic heterocycles. The Labute approximate surface area is 132 Å². The number of carboxylic acid groups (broad SMARTS) is 1. The lowest BCUT2D eigenvalue weighted by molar-refractivity contribution is -0.133. The number of aliphatic carboxylic acids is 1. The van der Waals surface area contributed by atoms with Gasteiger partial charge in [-0.2, -0.15) is 0 Å². The fourth-order valence-electron chi connectivity index (χ4n) is 2.99. The number of rotatable bonds is 4. The van der Waals surface area contributed by atoms with Gasteiger partial charge in [0.05, 0.1) is 21.8 Å². The molecule has 0 bridgehead atoms. The molecule has 2 aromatic rings. The number of imidazole rings is 1. The summed E-state index contributed by atoms with van der Waals surface area (Å²) in [5, 5.41) is 10.4. The van der Waals surface area contributed by atoms with Crippen LogP contribution in [-0.4, -0.2) is 26.4 Å². The molecule has 21 heavy (non-hydrogen) atoms. The average molecular weight is 325 g/mol. The Balaban J connectivity index is 2.07. The van der Waals surface area contributed by atoms with Crippen LogP contribution in [0.25, 0.3) is 11.0 Å². The Morgan fingerprint density at radius 2 is 2.14 bits per heavy atom. The molecule has 1 N–H and O–H groups in total. The first kappa shape index (κ1) is 14.7. The van der Waals surface area contributed by atoms with Gasteiger partial charge in [0.1, 0.15) is 0 Å². The number of benzene rings is 1. The first-order valence-corrected chi connectivity index (χ1v) is 8.54. The third-order valence-corrected chi connectivity index (χ3v) is 5.14. The van der Waals surface area contributed by atoms with Crippen molar-refractivity contribution in [3.63, 3.8) is 0 Å². The Kier molecular flexibility index (Phi) is 4.40. The van der Waals surface area contributed by atoms with Crippen molar-refractivity contribution >= 4 is 40.4 Å². The first-order chi connectivity index (χ1) is 10.2. The summed E-state index contributed by atoms with van der Waals surface area (Å²) in [6.07, 6.45) is 5.90. The van der Waals surface area contributed by atoms with Crippen molar-refractivity contribution in [1.82, 2.24) is 9.55 Å². The van der Waals surface area contributed by atoms with Crippen LogP contribution in [0.2, 0.25) is 5.02 Å². The number of carbonyl (C=O) groups is 1. The van der Waals surface area contributed by atoms with E-state index in [2.05, 4.69) is 9.55 Å². The van der Waals surface area contributed by atoms with Gasteiger partial charge in [-0.15, -0.1) is 0 Å². The maximum Gasteiger partial charge on any atom is 0.313 e. The molecule has 0 spiro atoms. The molecular weight excluding hydrogens is 308 g/mol. The number of fused-ring (bicyclic) bond motifs is 1. The standard InChI is InChI=1S/C15H17ClN2O2S/c16-11-7-4-8-12-14(11)18(10-5-2-1-3-6-10)15(17-12)21-9-13(19)20/h4,7-8,10H,1-3,5-6,9H2,(H,19,20). The number of aromatic nitrogens is 2. The van der Waals surface area contributed by atoms with Crippen molar-refractivity contribution in [2.75, 3.05) is 5.75 Å². The molecule has 6 heteroatoms. The van der Waals surface area contributed by atoms with E-state index in [0.29, 0.717) is 11.1 Å². The van der Waals surface area contributed by atoms with Crippen LogP contribution in [0.3, 0.4) is 0 Å². The molecule has 0 amide bonds.